The maximum atomic E-state index is 5.26. The van der Waals surface area contributed by atoms with Crippen LogP contribution in [0, 0.1) is 0 Å². The van der Waals surface area contributed by atoms with Gasteiger partial charge in [-0.05, 0) is 13.1 Å². The van der Waals surface area contributed by atoms with E-state index in [2.05, 4.69) is 13.1 Å². The highest BCUT2D eigenvalue weighted by Gasteiger charge is 2.28. The van der Waals surface area contributed by atoms with E-state index in [1.807, 2.05) is 0 Å². The molecule has 0 bridgehead atoms. The standard InChI is InChI=1S/C4H10O2Si/c1-7(2)5-3-4-6-7/h3-4H2,1-2H3. The van der Waals surface area contributed by atoms with Gasteiger partial charge >= 0.3 is 8.56 Å². The van der Waals surface area contributed by atoms with Crippen LogP contribution in [0.3, 0.4) is 0 Å². The van der Waals surface area contributed by atoms with Crippen LogP contribution in [0.4, 0.5) is 0 Å². The summed E-state index contributed by atoms with van der Waals surface area (Å²) in [6.07, 6.45) is 0. The second kappa shape index (κ2) is 1.58. The fourth-order valence-electron chi connectivity index (χ4n) is 0.617. The van der Waals surface area contributed by atoms with Crippen molar-refractivity contribution >= 4 is 8.56 Å². The Labute approximate surface area is 44.7 Å². The van der Waals surface area contributed by atoms with Gasteiger partial charge in [0, 0.05) is 0 Å². The summed E-state index contributed by atoms with van der Waals surface area (Å²) in [4.78, 5) is 0. The fourth-order valence-corrected chi connectivity index (χ4v) is 1.85. The summed E-state index contributed by atoms with van der Waals surface area (Å²) in [5.41, 5.74) is 0. The van der Waals surface area contributed by atoms with Crippen LogP contribution in [0.2, 0.25) is 13.1 Å². The molecule has 2 nitrogen and oxygen atoms in total. The first kappa shape index (κ1) is 5.28. The maximum Gasteiger partial charge on any atom is 0.331 e. The van der Waals surface area contributed by atoms with Crippen molar-refractivity contribution in [3.63, 3.8) is 0 Å². The molecule has 1 fully saturated rings. The van der Waals surface area contributed by atoms with Crippen molar-refractivity contribution < 1.29 is 8.85 Å². The molecule has 0 aliphatic carbocycles. The maximum absolute atomic E-state index is 5.26. The van der Waals surface area contributed by atoms with Crippen molar-refractivity contribution in [3.8, 4) is 0 Å². The van der Waals surface area contributed by atoms with Crippen LogP contribution in [-0.4, -0.2) is 21.8 Å². The van der Waals surface area contributed by atoms with Gasteiger partial charge in [-0.2, -0.15) is 0 Å². The van der Waals surface area contributed by atoms with E-state index in [0.29, 0.717) is 0 Å². The van der Waals surface area contributed by atoms with Crippen LogP contribution in [0.1, 0.15) is 0 Å². The zero-order chi connectivity index (χ0) is 5.33. The van der Waals surface area contributed by atoms with E-state index in [9.17, 15) is 0 Å². The monoisotopic (exact) mass is 118 g/mol. The molecule has 0 unspecified atom stereocenters. The van der Waals surface area contributed by atoms with Gasteiger partial charge in [0.25, 0.3) is 0 Å². The predicted octanol–water partition coefficient (Wildman–Crippen LogP) is 0.735. The SMILES string of the molecule is C[Si]1(C)OCCO1. The number of hydrogen-bond donors (Lipinski definition) is 0. The first-order valence-electron chi connectivity index (χ1n) is 2.49. The van der Waals surface area contributed by atoms with E-state index >= 15 is 0 Å². The first-order chi connectivity index (χ1) is 3.21. The second-order valence-corrected chi connectivity index (χ2v) is 5.47. The highest BCUT2D eigenvalue weighted by atomic mass is 28.4. The Morgan fingerprint density at radius 2 is 1.57 bits per heavy atom. The van der Waals surface area contributed by atoms with E-state index < -0.39 is 8.56 Å². The molecule has 1 saturated heterocycles. The minimum absolute atomic E-state index is 0.805. The molecule has 42 valence electrons. The highest BCUT2D eigenvalue weighted by molar-refractivity contribution is 6.64. The summed E-state index contributed by atoms with van der Waals surface area (Å²) in [6.45, 7) is 5.72. The molecule has 0 aromatic rings. The third kappa shape index (κ3) is 1.26. The molecular weight excluding hydrogens is 108 g/mol. The van der Waals surface area contributed by atoms with E-state index in [0.717, 1.165) is 13.2 Å². The number of hydrogen-bond acceptors (Lipinski definition) is 2. The summed E-state index contributed by atoms with van der Waals surface area (Å²) in [5, 5.41) is 0. The molecule has 1 rings (SSSR count). The summed E-state index contributed by atoms with van der Waals surface area (Å²) in [6, 6.07) is 0. The Balaban J connectivity index is 2.40. The van der Waals surface area contributed by atoms with Gasteiger partial charge in [0.2, 0.25) is 0 Å². The van der Waals surface area contributed by atoms with Gasteiger partial charge in [0.15, 0.2) is 0 Å². The van der Waals surface area contributed by atoms with Crippen molar-refractivity contribution in [1.82, 2.24) is 0 Å². The van der Waals surface area contributed by atoms with Crippen LogP contribution in [-0.2, 0) is 8.85 Å². The van der Waals surface area contributed by atoms with Crippen LogP contribution >= 0.6 is 0 Å². The lowest BCUT2D eigenvalue weighted by Gasteiger charge is -2.09. The van der Waals surface area contributed by atoms with Gasteiger partial charge in [-0.3, -0.25) is 0 Å². The van der Waals surface area contributed by atoms with E-state index in [1.165, 1.54) is 0 Å². The summed E-state index contributed by atoms with van der Waals surface area (Å²) in [7, 11) is -1.54. The summed E-state index contributed by atoms with van der Waals surface area (Å²) in [5.74, 6) is 0. The minimum atomic E-state index is -1.54. The summed E-state index contributed by atoms with van der Waals surface area (Å²) < 4.78 is 10.5. The van der Waals surface area contributed by atoms with Crippen LogP contribution in [0.25, 0.3) is 0 Å². The molecule has 0 aromatic heterocycles. The van der Waals surface area contributed by atoms with E-state index in [4.69, 9.17) is 8.85 Å². The van der Waals surface area contributed by atoms with Gasteiger partial charge in [0.1, 0.15) is 0 Å². The Bertz CT molecular complexity index is 64.1. The van der Waals surface area contributed by atoms with Gasteiger partial charge in [-0.1, -0.05) is 0 Å². The Kier molecular flexibility index (Phi) is 1.19. The Morgan fingerprint density at radius 1 is 1.14 bits per heavy atom. The Hall–Kier alpha value is 0.137. The van der Waals surface area contributed by atoms with Crippen molar-refractivity contribution in [2.24, 2.45) is 0 Å². The first-order valence-corrected chi connectivity index (χ1v) is 5.30. The van der Waals surface area contributed by atoms with E-state index in [-0.39, 0.29) is 0 Å². The zero-order valence-corrected chi connectivity index (χ0v) is 5.73. The van der Waals surface area contributed by atoms with Gasteiger partial charge in [0.05, 0.1) is 13.2 Å². The van der Waals surface area contributed by atoms with Gasteiger partial charge in [-0.15, -0.1) is 0 Å². The minimum Gasteiger partial charge on any atom is -0.392 e. The molecule has 0 saturated carbocycles. The van der Waals surface area contributed by atoms with Crippen molar-refractivity contribution in [2.75, 3.05) is 13.2 Å². The average molecular weight is 118 g/mol. The van der Waals surface area contributed by atoms with Gasteiger partial charge < -0.3 is 8.85 Å². The van der Waals surface area contributed by atoms with E-state index in [1.54, 1.807) is 0 Å². The molecule has 0 amide bonds. The largest absolute Gasteiger partial charge is 0.392 e. The molecule has 0 spiro atoms. The lowest BCUT2D eigenvalue weighted by atomic mass is 10.8. The Morgan fingerprint density at radius 3 is 1.71 bits per heavy atom. The normalized spacial score (nSPS) is 28.3. The predicted molar refractivity (Wildman–Crippen MR) is 29.4 cm³/mol. The molecule has 7 heavy (non-hydrogen) atoms. The smallest absolute Gasteiger partial charge is 0.331 e. The third-order valence-electron chi connectivity index (χ3n) is 0.983. The molecule has 0 N–H and O–H groups in total. The van der Waals surface area contributed by atoms with Gasteiger partial charge in [-0.25, -0.2) is 0 Å². The molecule has 0 atom stereocenters. The fraction of sp³-hybridized carbons (Fsp3) is 1.00. The number of rotatable bonds is 0. The third-order valence-corrected chi connectivity index (χ3v) is 2.78. The molecule has 3 heteroatoms. The summed E-state index contributed by atoms with van der Waals surface area (Å²) >= 11 is 0. The topological polar surface area (TPSA) is 18.5 Å². The zero-order valence-electron chi connectivity index (χ0n) is 4.73. The van der Waals surface area contributed by atoms with Crippen molar-refractivity contribution in [2.45, 2.75) is 13.1 Å². The second-order valence-electron chi connectivity index (χ2n) is 2.10. The highest BCUT2D eigenvalue weighted by Crippen LogP contribution is 2.11. The average Bonchev–Trinajstić information content (AvgIpc) is 1.84. The lowest BCUT2D eigenvalue weighted by Crippen LogP contribution is -2.26. The molecular formula is C4H10O2Si. The van der Waals surface area contributed by atoms with Crippen molar-refractivity contribution in [1.29, 1.82) is 0 Å². The molecule has 1 aliphatic rings. The lowest BCUT2D eigenvalue weighted by molar-refractivity contribution is 0.352. The van der Waals surface area contributed by atoms with Crippen LogP contribution in [0.5, 0.6) is 0 Å². The van der Waals surface area contributed by atoms with Crippen LogP contribution < -0.4 is 0 Å². The molecule has 1 aliphatic heterocycles. The van der Waals surface area contributed by atoms with Crippen LogP contribution in [0.15, 0.2) is 0 Å². The van der Waals surface area contributed by atoms with Crippen molar-refractivity contribution in [3.05, 3.63) is 0 Å². The quantitative estimate of drug-likeness (QED) is 0.437. The molecule has 0 aromatic carbocycles. The molecule has 1 heterocycles. The molecule has 0 radical (unpaired) electrons.